The quantitative estimate of drug-likeness (QED) is 0.486. The SMILES string of the molecule is CCCc1ccc(OCC(=O)N/N=C/c2ccc(OCC)cc2)c(Br)c1. The third kappa shape index (κ3) is 6.52. The lowest BCUT2D eigenvalue weighted by Gasteiger charge is -2.08. The van der Waals surface area contributed by atoms with E-state index in [0.717, 1.165) is 28.6 Å². The van der Waals surface area contributed by atoms with Gasteiger partial charge in [0, 0.05) is 0 Å². The fourth-order valence-electron chi connectivity index (χ4n) is 2.28. The van der Waals surface area contributed by atoms with E-state index in [1.165, 1.54) is 5.56 Å². The van der Waals surface area contributed by atoms with Gasteiger partial charge < -0.3 is 9.47 Å². The van der Waals surface area contributed by atoms with Crippen molar-refractivity contribution in [2.45, 2.75) is 26.7 Å². The van der Waals surface area contributed by atoms with Crippen LogP contribution < -0.4 is 14.9 Å². The van der Waals surface area contributed by atoms with Gasteiger partial charge in [-0.15, -0.1) is 0 Å². The third-order valence-corrected chi connectivity index (χ3v) is 4.11. The second-order valence-electron chi connectivity index (χ2n) is 5.60. The van der Waals surface area contributed by atoms with Gasteiger partial charge in [0.1, 0.15) is 11.5 Å². The van der Waals surface area contributed by atoms with Crippen molar-refractivity contribution in [3.63, 3.8) is 0 Å². The molecule has 0 aliphatic heterocycles. The van der Waals surface area contributed by atoms with Gasteiger partial charge in [0.05, 0.1) is 17.3 Å². The normalized spacial score (nSPS) is 10.7. The predicted molar refractivity (Wildman–Crippen MR) is 107 cm³/mol. The Balaban J connectivity index is 1.79. The maximum atomic E-state index is 11.8. The molecule has 0 unspecified atom stereocenters. The fourth-order valence-corrected chi connectivity index (χ4v) is 2.82. The summed E-state index contributed by atoms with van der Waals surface area (Å²) in [6, 6.07) is 13.3. The molecule has 0 aromatic heterocycles. The number of benzene rings is 2. The minimum absolute atomic E-state index is 0.105. The molecular weight excluding hydrogens is 396 g/mol. The molecule has 0 aliphatic carbocycles. The summed E-state index contributed by atoms with van der Waals surface area (Å²) in [6.07, 6.45) is 3.67. The van der Waals surface area contributed by atoms with Gasteiger partial charge in [-0.25, -0.2) is 5.43 Å². The Kier molecular flexibility index (Phi) is 8.15. The molecule has 5 nitrogen and oxygen atoms in total. The first kappa shape index (κ1) is 20.0. The van der Waals surface area contributed by atoms with Crippen LogP contribution in [0.3, 0.4) is 0 Å². The van der Waals surface area contributed by atoms with Crippen LogP contribution >= 0.6 is 15.9 Å². The standard InChI is InChI=1S/C20H23BrN2O3/c1-3-5-15-8-11-19(18(21)12-15)26-14-20(24)23-22-13-16-6-9-17(10-7-16)25-4-2/h6-13H,3-5,14H2,1-2H3,(H,23,24)/b22-13+. The summed E-state index contributed by atoms with van der Waals surface area (Å²) in [6.45, 7) is 4.59. The van der Waals surface area contributed by atoms with Gasteiger partial charge in [0.15, 0.2) is 6.61 Å². The summed E-state index contributed by atoms with van der Waals surface area (Å²) < 4.78 is 11.7. The zero-order chi connectivity index (χ0) is 18.8. The first-order valence-electron chi connectivity index (χ1n) is 8.58. The van der Waals surface area contributed by atoms with Crippen LogP contribution in [0.15, 0.2) is 52.0 Å². The number of nitrogens with one attached hydrogen (secondary N) is 1. The Morgan fingerprint density at radius 2 is 1.92 bits per heavy atom. The molecule has 0 bridgehead atoms. The highest BCUT2D eigenvalue weighted by Crippen LogP contribution is 2.26. The Bertz CT molecular complexity index is 745. The Morgan fingerprint density at radius 3 is 2.58 bits per heavy atom. The van der Waals surface area contributed by atoms with Crippen molar-refractivity contribution in [1.82, 2.24) is 5.43 Å². The average molecular weight is 419 g/mol. The second-order valence-corrected chi connectivity index (χ2v) is 6.45. The monoisotopic (exact) mass is 418 g/mol. The molecule has 2 aromatic rings. The van der Waals surface area contributed by atoms with Crippen molar-refractivity contribution in [1.29, 1.82) is 0 Å². The van der Waals surface area contributed by atoms with E-state index in [4.69, 9.17) is 9.47 Å². The number of ether oxygens (including phenoxy) is 2. The molecule has 0 atom stereocenters. The Labute approximate surface area is 162 Å². The molecule has 0 radical (unpaired) electrons. The summed E-state index contributed by atoms with van der Waals surface area (Å²) in [5.74, 6) is 1.12. The van der Waals surface area contributed by atoms with Crippen molar-refractivity contribution >= 4 is 28.1 Å². The zero-order valence-electron chi connectivity index (χ0n) is 15.0. The van der Waals surface area contributed by atoms with E-state index in [-0.39, 0.29) is 12.5 Å². The van der Waals surface area contributed by atoms with Crippen molar-refractivity contribution < 1.29 is 14.3 Å². The van der Waals surface area contributed by atoms with Gasteiger partial charge in [-0.1, -0.05) is 19.4 Å². The summed E-state index contributed by atoms with van der Waals surface area (Å²) in [5.41, 5.74) is 4.55. The van der Waals surface area contributed by atoms with Gasteiger partial charge in [0.25, 0.3) is 5.91 Å². The van der Waals surface area contributed by atoms with Gasteiger partial charge >= 0.3 is 0 Å². The van der Waals surface area contributed by atoms with Crippen molar-refractivity contribution in [2.24, 2.45) is 5.10 Å². The molecule has 0 saturated carbocycles. The number of nitrogens with zero attached hydrogens (tertiary/aromatic N) is 1. The first-order valence-corrected chi connectivity index (χ1v) is 9.37. The molecule has 0 aliphatic rings. The van der Waals surface area contributed by atoms with Crippen LogP contribution in [0.5, 0.6) is 11.5 Å². The number of hydrogen-bond donors (Lipinski definition) is 1. The highest BCUT2D eigenvalue weighted by Gasteiger charge is 2.06. The molecule has 6 heteroatoms. The van der Waals surface area contributed by atoms with Crippen LogP contribution in [0.4, 0.5) is 0 Å². The summed E-state index contributed by atoms with van der Waals surface area (Å²) in [7, 11) is 0. The van der Waals surface area contributed by atoms with Crippen LogP contribution in [0.2, 0.25) is 0 Å². The van der Waals surface area contributed by atoms with Crippen molar-refractivity contribution in [2.75, 3.05) is 13.2 Å². The number of rotatable bonds is 9. The molecule has 2 rings (SSSR count). The molecule has 1 amide bonds. The molecule has 138 valence electrons. The lowest BCUT2D eigenvalue weighted by molar-refractivity contribution is -0.123. The summed E-state index contributed by atoms with van der Waals surface area (Å²) >= 11 is 3.47. The lowest BCUT2D eigenvalue weighted by atomic mass is 10.1. The van der Waals surface area contributed by atoms with Crippen molar-refractivity contribution in [3.8, 4) is 11.5 Å². The molecule has 26 heavy (non-hydrogen) atoms. The van der Waals surface area contributed by atoms with Gasteiger partial charge in [-0.05, 0) is 76.8 Å². The number of hydrogen-bond acceptors (Lipinski definition) is 4. The number of amides is 1. The average Bonchev–Trinajstić information content (AvgIpc) is 2.63. The van der Waals surface area contributed by atoms with Gasteiger partial charge in [-0.3, -0.25) is 4.79 Å². The van der Waals surface area contributed by atoms with Crippen LogP contribution in [0, 0.1) is 0 Å². The predicted octanol–water partition coefficient (Wildman–Crippen LogP) is 4.33. The van der Waals surface area contributed by atoms with E-state index in [2.05, 4.69) is 33.4 Å². The topological polar surface area (TPSA) is 59.9 Å². The zero-order valence-corrected chi connectivity index (χ0v) is 16.6. The maximum Gasteiger partial charge on any atom is 0.277 e. The van der Waals surface area contributed by atoms with E-state index in [9.17, 15) is 4.79 Å². The largest absolute Gasteiger partial charge is 0.494 e. The van der Waals surface area contributed by atoms with Crippen LogP contribution in [-0.4, -0.2) is 25.3 Å². The van der Waals surface area contributed by atoms with E-state index >= 15 is 0 Å². The summed E-state index contributed by atoms with van der Waals surface area (Å²) in [4.78, 5) is 11.8. The first-order chi connectivity index (χ1) is 12.6. The highest BCUT2D eigenvalue weighted by atomic mass is 79.9. The molecule has 1 N–H and O–H groups in total. The van der Waals surface area contributed by atoms with E-state index in [1.807, 2.05) is 49.4 Å². The number of aryl methyl sites for hydroxylation is 1. The molecule has 0 heterocycles. The smallest absolute Gasteiger partial charge is 0.277 e. The number of hydrazone groups is 1. The maximum absolute atomic E-state index is 11.8. The van der Waals surface area contributed by atoms with E-state index in [0.29, 0.717) is 12.4 Å². The van der Waals surface area contributed by atoms with Crippen LogP contribution in [0.1, 0.15) is 31.4 Å². The van der Waals surface area contributed by atoms with E-state index < -0.39 is 0 Å². The number of carbonyl (C=O) groups is 1. The highest BCUT2D eigenvalue weighted by molar-refractivity contribution is 9.10. The van der Waals surface area contributed by atoms with Gasteiger partial charge in [0.2, 0.25) is 0 Å². The molecular formula is C20H23BrN2O3. The summed E-state index contributed by atoms with van der Waals surface area (Å²) in [5, 5.41) is 3.93. The minimum Gasteiger partial charge on any atom is -0.494 e. The molecule has 2 aromatic carbocycles. The number of carbonyl (C=O) groups excluding carboxylic acids is 1. The Morgan fingerprint density at radius 1 is 1.15 bits per heavy atom. The molecule has 0 spiro atoms. The van der Waals surface area contributed by atoms with E-state index in [1.54, 1.807) is 6.21 Å². The van der Waals surface area contributed by atoms with Crippen molar-refractivity contribution in [3.05, 3.63) is 58.1 Å². The molecule has 0 fully saturated rings. The van der Waals surface area contributed by atoms with Gasteiger partial charge in [-0.2, -0.15) is 5.10 Å². The number of halogens is 1. The van der Waals surface area contributed by atoms with Crippen LogP contribution in [-0.2, 0) is 11.2 Å². The van der Waals surface area contributed by atoms with Crippen LogP contribution in [0.25, 0.3) is 0 Å². The third-order valence-electron chi connectivity index (χ3n) is 3.49. The fraction of sp³-hybridized carbons (Fsp3) is 0.300. The minimum atomic E-state index is -0.322. The second kappa shape index (κ2) is 10.6. The lowest BCUT2D eigenvalue weighted by Crippen LogP contribution is -2.24. The molecule has 0 saturated heterocycles. The Hall–Kier alpha value is -2.34.